The van der Waals surface area contributed by atoms with Gasteiger partial charge in [-0.15, -0.1) is 11.3 Å². The Morgan fingerprint density at radius 3 is 2.67 bits per heavy atom. The van der Waals surface area contributed by atoms with E-state index in [1.54, 1.807) is 18.3 Å². The smallest absolute Gasteiger partial charge is 0.306 e. The van der Waals surface area contributed by atoms with Crippen LogP contribution in [-0.4, -0.2) is 23.0 Å². The van der Waals surface area contributed by atoms with Gasteiger partial charge in [0, 0.05) is 12.1 Å². The molecule has 5 nitrogen and oxygen atoms in total. The van der Waals surface area contributed by atoms with Crippen LogP contribution in [0.25, 0.3) is 10.2 Å². The topological polar surface area (TPSA) is 68.3 Å². The van der Waals surface area contributed by atoms with E-state index < -0.39 is 6.10 Å². The summed E-state index contributed by atoms with van der Waals surface area (Å²) in [5.41, 5.74) is 2.67. The van der Waals surface area contributed by atoms with Gasteiger partial charge in [0.1, 0.15) is 0 Å². The van der Waals surface area contributed by atoms with Gasteiger partial charge in [0.25, 0.3) is 5.91 Å². The molecule has 0 spiro atoms. The van der Waals surface area contributed by atoms with Gasteiger partial charge >= 0.3 is 5.97 Å². The highest BCUT2D eigenvalue weighted by Gasteiger charge is 2.18. The Labute approximate surface area is 162 Å². The first kappa shape index (κ1) is 19.0. The van der Waals surface area contributed by atoms with E-state index in [1.807, 2.05) is 55.5 Å². The summed E-state index contributed by atoms with van der Waals surface area (Å²) in [6.45, 7) is 3.49. The van der Waals surface area contributed by atoms with Crippen molar-refractivity contribution in [2.75, 3.05) is 5.32 Å². The Bertz CT molecular complexity index is 918. The fourth-order valence-corrected chi connectivity index (χ4v) is 3.68. The molecule has 140 valence electrons. The Morgan fingerprint density at radius 2 is 1.89 bits per heavy atom. The zero-order valence-electron chi connectivity index (χ0n) is 15.4. The number of aryl methyl sites for hydroxylation is 2. The minimum absolute atomic E-state index is 0.262. The number of anilines is 1. The molecular formula is C21H22N2O3S. The minimum atomic E-state index is -0.834. The van der Waals surface area contributed by atoms with Crippen LogP contribution in [-0.2, 0) is 20.7 Å². The van der Waals surface area contributed by atoms with Gasteiger partial charge in [-0.1, -0.05) is 30.3 Å². The number of carbonyl (C=O) groups is 2. The molecule has 2 aromatic carbocycles. The molecule has 1 atom stereocenters. The van der Waals surface area contributed by atoms with Crippen molar-refractivity contribution in [1.82, 2.24) is 4.98 Å². The molecule has 0 bridgehead atoms. The lowest BCUT2D eigenvalue weighted by atomic mass is 10.2. The third-order valence-corrected chi connectivity index (χ3v) is 5.29. The number of rotatable bonds is 7. The van der Waals surface area contributed by atoms with Crippen LogP contribution in [0.5, 0.6) is 0 Å². The average Bonchev–Trinajstić information content (AvgIpc) is 3.06. The lowest BCUT2D eigenvalue weighted by Gasteiger charge is -2.14. The van der Waals surface area contributed by atoms with Gasteiger partial charge in [0.05, 0.1) is 15.2 Å². The molecule has 1 unspecified atom stereocenters. The summed E-state index contributed by atoms with van der Waals surface area (Å²) >= 11 is 1.64. The van der Waals surface area contributed by atoms with Gasteiger partial charge < -0.3 is 10.1 Å². The number of nitrogens with zero attached hydrogens (tertiary/aromatic N) is 1. The number of esters is 1. The summed E-state index contributed by atoms with van der Waals surface area (Å²) in [4.78, 5) is 28.8. The van der Waals surface area contributed by atoms with Crippen molar-refractivity contribution in [2.45, 2.75) is 39.2 Å². The molecule has 1 amide bonds. The molecule has 0 aliphatic carbocycles. The third kappa shape index (κ3) is 5.14. The van der Waals surface area contributed by atoms with Crippen LogP contribution in [0.2, 0.25) is 0 Å². The van der Waals surface area contributed by atoms with Crippen LogP contribution < -0.4 is 5.32 Å². The molecular weight excluding hydrogens is 360 g/mol. The Hall–Kier alpha value is -2.73. The van der Waals surface area contributed by atoms with E-state index in [0.29, 0.717) is 6.42 Å². The van der Waals surface area contributed by atoms with Gasteiger partial charge in [-0.25, -0.2) is 4.98 Å². The molecule has 27 heavy (non-hydrogen) atoms. The molecule has 6 heteroatoms. The number of fused-ring (bicyclic) bond motifs is 1. The van der Waals surface area contributed by atoms with Crippen molar-refractivity contribution in [3.05, 3.63) is 59.1 Å². The van der Waals surface area contributed by atoms with Crippen LogP contribution in [0.3, 0.4) is 0 Å². The quantitative estimate of drug-likeness (QED) is 0.611. The van der Waals surface area contributed by atoms with Crippen molar-refractivity contribution in [2.24, 2.45) is 0 Å². The maximum absolute atomic E-state index is 12.2. The summed E-state index contributed by atoms with van der Waals surface area (Å²) in [7, 11) is 0. The first-order valence-corrected chi connectivity index (χ1v) is 9.75. The van der Waals surface area contributed by atoms with E-state index in [2.05, 4.69) is 10.3 Å². The number of para-hydroxylation sites is 2. The van der Waals surface area contributed by atoms with E-state index in [4.69, 9.17) is 4.74 Å². The molecule has 0 saturated heterocycles. The van der Waals surface area contributed by atoms with Gasteiger partial charge in [0.15, 0.2) is 6.10 Å². The van der Waals surface area contributed by atoms with E-state index in [0.717, 1.165) is 32.9 Å². The normalized spacial score (nSPS) is 11.9. The largest absolute Gasteiger partial charge is 0.453 e. The number of hydrogen-bond donors (Lipinski definition) is 1. The monoisotopic (exact) mass is 382 g/mol. The molecule has 0 fully saturated rings. The second-order valence-electron chi connectivity index (χ2n) is 6.37. The van der Waals surface area contributed by atoms with Gasteiger partial charge in [-0.3, -0.25) is 9.59 Å². The fourth-order valence-electron chi connectivity index (χ4n) is 2.67. The summed E-state index contributed by atoms with van der Waals surface area (Å²) in [6.07, 6.45) is 0.792. The third-order valence-electron chi connectivity index (χ3n) is 4.19. The number of nitrogens with one attached hydrogen (secondary N) is 1. The standard InChI is InChI=1S/C21H22N2O3S/c1-14-8-3-4-9-16(14)23-21(25)15(2)26-20(24)13-7-12-19-22-17-10-5-6-11-18(17)27-19/h3-6,8-11,15H,7,12-13H2,1-2H3,(H,23,25). The highest BCUT2D eigenvalue weighted by molar-refractivity contribution is 7.18. The molecule has 0 radical (unpaired) electrons. The number of carbonyl (C=O) groups excluding carboxylic acids is 2. The molecule has 0 saturated carbocycles. The maximum Gasteiger partial charge on any atom is 0.306 e. The van der Waals surface area contributed by atoms with Crippen molar-refractivity contribution in [3.63, 3.8) is 0 Å². The first-order chi connectivity index (χ1) is 13.0. The number of ether oxygens (including phenoxy) is 1. The van der Waals surface area contributed by atoms with Gasteiger partial charge in [0.2, 0.25) is 0 Å². The van der Waals surface area contributed by atoms with Crippen LogP contribution >= 0.6 is 11.3 Å². The van der Waals surface area contributed by atoms with Gasteiger partial charge in [-0.05, 0) is 50.5 Å². The van der Waals surface area contributed by atoms with E-state index in [-0.39, 0.29) is 18.3 Å². The Balaban J connectivity index is 1.44. The van der Waals surface area contributed by atoms with Crippen LogP contribution in [0, 0.1) is 6.92 Å². The van der Waals surface area contributed by atoms with Gasteiger partial charge in [-0.2, -0.15) is 0 Å². The van der Waals surface area contributed by atoms with Crippen LogP contribution in [0.1, 0.15) is 30.3 Å². The van der Waals surface area contributed by atoms with E-state index >= 15 is 0 Å². The van der Waals surface area contributed by atoms with Crippen molar-refractivity contribution in [1.29, 1.82) is 0 Å². The van der Waals surface area contributed by atoms with E-state index in [1.165, 1.54) is 0 Å². The molecule has 3 rings (SSSR count). The van der Waals surface area contributed by atoms with Crippen molar-refractivity contribution < 1.29 is 14.3 Å². The minimum Gasteiger partial charge on any atom is -0.453 e. The molecule has 0 aliphatic rings. The second-order valence-corrected chi connectivity index (χ2v) is 7.48. The van der Waals surface area contributed by atoms with Crippen LogP contribution in [0.15, 0.2) is 48.5 Å². The van der Waals surface area contributed by atoms with Crippen LogP contribution in [0.4, 0.5) is 5.69 Å². The number of thiazole rings is 1. The molecule has 1 aromatic heterocycles. The molecule has 0 aliphatic heterocycles. The lowest BCUT2D eigenvalue weighted by molar-refractivity contribution is -0.153. The van der Waals surface area contributed by atoms with Crippen molar-refractivity contribution >= 4 is 39.1 Å². The summed E-state index contributed by atoms with van der Waals surface area (Å²) < 4.78 is 6.40. The Kier molecular flexibility index (Phi) is 6.19. The number of hydrogen-bond acceptors (Lipinski definition) is 5. The summed E-state index contributed by atoms with van der Waals surface area (Å²) in [5.74, 6) is -0.702. The SMILES string of the molecule is Cc1ccccc1NC(=O)C(C)OC(=O)CCCc1nc2ccccc2s1. The van der Waals surface area contributed by atoms with E-state index in [9.17, 15) is 9.59 Å². The zero-order chi connectivity index (χ0) is 19.2. The summed E-state index contributed by atoms with van der Waals surface area (Å²) in [6, 6.07) is 15.5. The fraction of sp³-hybridized carbons (Fsp3) is 0.286. The zero-order valence-corrected chi connectivity index (χ0v) is 16.2. The number of benzene rings is 2. The number of amides is 1. The molecule has 3 aromatic rings. The van der Waals surface area contributed by atoms with Crippen molar-refractivity contribution in [3.8, 4) is 0 Å². The number of aromatic nitrogens is 1. The summed E-state index contributed by atoms with van der Waals surface area (Å²) in [5, 5.41) is 3.80. The lowest BCUT2D eigenvalue weighted by Crippen LogP contribution is -2.30. The highest BCUT2D eigenvalue weighted by atomic mass is 32.1. The molecule has 1 heterocycles. The first-order valence-electron chi connectivity index (χ1n) is 8.93. The predicted molar refractivity (Wildman–Crippen MR) is 108 cm³/mol. The molecule has 1 N–H and O–H groups in total. The predicted octanol–water partition coefficient (Wildman–Crippen LogP) is 4.50. The Morgan fingerprint density at radius 1 is 1.15 bits per heavy atom. The maximum atomic E-state index is 12.2. The second kappa shape index (κ2) is 8.77. The average molecular weight is 382 g/mol. The highest BCUT2D eigenvalue weighted by Crippen LogP contribution is 2.22.